The van der Waals surface area contributed by atoms with E-state index >= 15 is 0 Å². The lowest BCUT2D eigenvalue weighted by molar-refractivity contribution is -0.145. The van der Waals surface area contributed by atoms with Crippen molar-refractivity contribution in [3.05, 3.63) is 44.1 Å². The lowest BCUT2D eigenvalue weighted by Crippen LogP contribution is -2.57. The molecule has 2 aliphatic heterocycles. The minimum absolute atomic E-state index is 0.0558. The van der Waals surface area contributed by atoms with E-state index in [-0.39, 0.29) is 25.0 Å². The van der Waals surface area contributed by atoms with Gasteiger partial charge in [0.2, 0.25) is 0 Å². The molecule has 212 valence electrons. The Labute approximate surface area is 281 Å². The first-order valence-corrected chi connectivity index (χ1v) is 16.3. The van der Waals surface area contributed by atoms with Crippen molar-refractivity contribution in [3.63, 3.8) is 0 Å². The summed E-state index contributed by atoms with van der Waals surface area (Å²) in [4.78, 5) is 25.2. The Bertz CT molecular complexity index is 1210. The number of carboxylic acids is 1. The van der Waals surface area contributed by atoms with Crippen LogP contribution in [0.3, 0.4) is 0 Å². The van der Waals surface area contributed by atoms with Crippen LogP contribution in [0, 0.1) is 14.3 Å². The van der Waals surface area contributed by atoms with Gasteiger partial charge < -0.3 is 34.1 Å². The van der Waals surface area contributed by atoms with Gasteiger partial charge in [0.05, 0.1) is 33.6 Å². The van der Waals surface area contributed by atoms with Crippen molar-refractivity contribution in [3.8, 4) is 17.2 Å². The van der Waals surface area contributed by atoms with Gasteiger partial charge in [-0.25, -0.2) is 9.59 Å². The van der Waals surface area contributed by atoms with E-state index in [1.165, 1.54) is 0 Å². The van der Waals surface area contributed by atoms with Gasteiger partial charge in [0.25, 0.3) is 0 Å². The van der Waals surface area contributed by atoms with E-state index in [0.717, 1.165) is 32.2 Å². The van der Waals surface area contributed by atoms with Gasteiger partial charge in [0.1, 0.15) is 35.3 Å². The smallest absolute Gasteiger partial charge is 0.408 e. The van der Waals surface area contributed by atoms with E-state index in [2.05, 4.69) is 95.7 Å². The van der Waals surface area contributed by atoms with Crippen molar-refractivity contribution >= 4 is 102 Å². The zero-order chi connectivity index (χ0) is 28.5. The van der Waals surface area contributed by atoms with Crippen molar-refractivity contribution in [1.29, 1.82) is 0 Å². The number of ether oxygens (including phenoxy) is 5. The molecule has 0 saturated carbocycles. The van der Waals surface area contributed by atoms with E-state index in [1.807, 2.05) is 24.3 Å². The van der Waals surface area contributed by atoms with Crippen LogP contribution in [0.25, 0.3) is 0 Å². The number of nitrogens with one attached hydrogen (secondary N) is 1. The van der Waals surface area contributed by atoms with Crippen LogP contribution >= 0.6 is 90.4 Å². The van der Waals surface area contributed by atoms with Crippen molar-refractivity contribution in [1.82, 2.24) is 5.32 Å². The van der Waals surface area contributed by atoms with Gasteiger partial charge in [0.15, 0.2) is 5.75 Å². The SMILES string of the molecule is CC(C)(C)OC(=O)NC(Cc1cc(I)c(Oc2cc(I)c(OCC3CO3)c(I)c2)c(I)c1)(CC1CO1)C(=O)O. The first-order chi connectivity index (χ1) is 18.2. The molecular formula is C26H27I4NO8. The summed E-state index contributed by atoms with van der Waals surface area (Å²) in [5.74, 6) is 0.993. The fourth-order valence-electron chi connectivity index (χ4n) is 3.81. The number of hydrogen-bond acceptors (Lipinski definition) is 7. The predicted octanol–water partition coefficient (Wildman–Crippen LogP) is 6.35. The monoisotopic (exact) mass is 989 g/mol. The van der Waals surface area contributed by atoms with Gasteiger partial charge in [0, 0.05) is 12.8 Å². The third-order valence-electron chi connectivity index (χ3n) is 5.70. The van der Waals surface area contributed by atoms with E-state index in [4.69, 9.17) is 23.7 Å². The highest BCUT2D eigenvalue weighted by Gasteiger charge is 2.46. The molecule has 2 aliphatic rings. The summed E-state index contributed by atoms with van der Waals surface area (Å²) in [6.45, 7) is 6.91. The molecule has 4 rings (SSSR count). The summed E-state index contributed by atoms with van der Waals surface area (Å²) < 4.78 is 31.6. The fraction of sp³-hybridized carbons (Fsp3) is 0.462. The molecule has 2 saturated heterocycles. The van der Waals surface area contributed by atoms with Crippen LogP contribution in [0.5, 0.6) is 17.2 Å². The van der Waals surface area contributed by atoms with Crippen molar-refractivity contribution in [2.24, 2.45) is 0 Å². The number of aliphatic carboxylic acids is 1. The fourth-order valence-corrected chi connectivity index (χ4v) is 7.95. The van der Waals surface area contributed by atoms with Crippen LogP contribution < -0.4 is 14.8 Å². The maximum absolute atomic E-state index is 12.6. The molecule has 2 heterocycles. The number of amides is 1. The summed E-state index contributed by atoms with van der Waals surface area (Å²) in [6.07, 6.45) is -0.655. The second-order valence-corrected chi connectivity index (χ2v) is 15.0. The van der Waals surface area contributed by atoms with E-state index < -0.39 is 23.2 Å². The van der Waals surface area contributed by atoms with E-state index in [1.54, 1.807) is 20.8 Å². The maximum Gasteiger partial charge on any atom is 0.408 e. The second kappa shape index (κ2) is 12.9. The zero-order valence-electron chi connectivity index (χ0n) is 21.3. The molecule has 13 heteroatoms. The molecule has 3 unspecified atom stereocenters. The van der Waals surface area contributed by atoms with Gasteiger partial charge in [-0.3, -0.25) is 0 Å². The van der Waals surface area contributed by atoms with E-state index in [0.29, 0.717) is 24.7 Å². The largest absolute Gasteiger partial charge is 0.489 e. The molecular weight excluding hydrogens is 962 g/mol. The molecule has 1 amide bonds. The Kier molecular flexibility index (Phi) is 10.4. The number of carbonyl (C=O) groups excluding carboxylic acids is 1. The number of carboxylic acid groups (broad SMARTS) is 1. The summed E-state index contributed by atoms with van der Waals surface area (Å²) in [6, 6.07) is 7.59. The van der Waals surface area contributed by atoms with Crippen LogP contribution in [0.2, 0.25) is 0 Å². The summed E-state index contributed by atoms with van der Waals surface area (Å²) in [5, 5.41) is 12.9. The van der Waals surface area contributed by atoms with E-state index in [9.17, 15) is 14.7 Å². The summed E-state index contributed by atoms with van der Waals surface area (Å²) in [7, 11) is 0. The van der Waals surface area contributed by atoms with Crippen LogP contribution in [-0.2, 0) is 25.4 Å². The number of rotatable bonds is 11. The molecule has 2 aromatic carbocycles. The Morgan fingerprint density at radius 3 is 1.97 bits per heavy atom. The number of benzene rings is 2. The molecule has 0 bridgehead atoms. The lowest BCUT2D eigenvalue weighted by atomic mass is 9.86. The number of carbonyl (C=O) groups is 2. The number of alkyl carbamates (subject to hydrolysis) is 1. The Morgan fingerprint density at radius 2 is 1.49 bits per heavy atom. The molecule has 2 N–H and O–H groups in total. The highest BCUT2D eigenvalue weighted by atomic mass is 127. The number of halogens is 4. The molecule has 0 aliphatic carbocycles. The Hall–Kier alpha value is -0.380. The maximum atomic E-state index is 12.6. The van der Waals surface area contributed by atoms with Crippen molar-refractivity contribution in [2.45, 2.75) is 57.0 Å². The normalized spacial score (nSPS) is 19.6. The molecule has 39 heavy (non-hydrogen) atoms. The average molecular weight is 989 g/mol. The Balaban J connectivity index is 1.55. The topological polar surface area (TPSA) is 119 Å². The lowest BCUT2D eigenvalue weighted by Gasteiger charge is -2.32. The van der Waals surface area contributed by atoms with Crippen molar-refractivity contribution in [2.75, 3.05) is 19.8 Å². The standard InChI is InChI=1S/C26H27I4NO8/c1-25(2,3)39-24(34)31-26(23(32)33,9-15-10-35-15)8-13-4-17(27)22(18(28)5-13)38-14-6-19(29)21(20(30)7-14)37-12-16-11-36-16/h4-7,15-16H,8-12H2,1-3H3,(H,31,34)(H,32,33). The first-order valence-electron chi connectivity index (χ1n) is 12.0. The summed E-state index contributed by atoms with van der Waals surface area (Å²) in [5.41, 5.74) is -1.61. The molecule has 9 nitrogen and oxygen atoms in total. The zero-order valence-corrected chi connectivity index (χ0v) is 29.9. The highest BCUT2D eigenvalue weighted by Crippen LogP contribution is 2.38. The minimum Gasteiger partial charge on any atom is -0.489 e. The molecule has 0 spiro atoms. The highest BCUT2D eigenvalue weighted by molar-refractivity contribution is 14.1. The Morgan fingerprint density at radius 1 is 0.949 bits per heavy atom. The van der Waals surface area contributed by atoms with Gasteiger partial charge >= 0.3 is 12.1 Å². The summed E-state index contributed by atoms with van der Waals surface area (Å²) >= 11 is 8.83. The molecule has 0 aromatic heterocycles. The van der Waals surface area contributed by atoms with Gasteiger partial charge in [-0.05, 0) is 141 Å². The van der Waals surface area contributed by atoms with Gasteiger partial charge in [-0.15, -0.1) is 0 Å². The second-order valence-electron chi connectivity index (χ2n) is 10.3. The van der Waals surface area contributed by atoms with Crippen LogP contribution in [0.4, 0.5) is 4.79 Å². The van der Waals surface area contributed by atoms with Crippen LogP contribution in [0.1, 0.15) is 32.8 Å². The third-order valence-corrected chi connectivity index (χ3v) is 8.90. The van der Waals surface area contributed by atoms with Gasteiger partial charge in [-0.2, -0.15) is 0 Å². The van der Waals surface area contributed by atoms with Crippen LogP contribution in [-0.4, -0.2) is 60.3 Å². The predicted molar refractivity (Wildman–Crippen MR) is 177 cm³/mol. The average Bonchev–Trinajstić information content (AvgIpc) is 3.70. The molecule has 2 fully saturated rings. The minimum atomic E-state index is -1.59. The quantitative estimate of drug-likeness (QED) is 0.198. The van der Waals surface area contributed by atoms with Crippen LogP contribution in [0.15, 0.2) is 24.3 Å². The number of hydrogen-bond donors (Lipinski definition) is 2. The molecule has 2 aromatic rings. The number of epoxide rings is 2. The molecule has 0 radical (unpaired) electrons. The first kappa shape index (κ1) is 31.6. The third kappa shape index (κ3) is 9.05. The van der Waals surface area contributed by atoms with Crippen molar-refractivity contribution < 1.29 is 38.4 Å². The van der Waals surface area contributed by atoms with Gasteiger partial charge in [-0.1, -0.05) is 0 Å². The molecule has 3 atom stereocenters.